The summed E-state index contributed by atoms with van der Waals surface area (Å²) in [5.41, 5.74) is 0.682. The van der Waals surface area contributed by atoms with Gasteiger partial charge in [-0.1, -0.05) is 23.4 Å². The Balaban J connectivity index is 1.53. The largest absolute Gasteiger partial charge is 0.351 e. The first-order valence-electron chi connectivity index (χ1n) is 9.58. The molecule has 8 heteroatoms. The van der Waals surface area contributed by atoms with Gasteiger partial charge in [0.25, 0.3) is 0 Å². The summed E-state index contributed by atoms with van der Waals surface area (Å²) in [7, 11) is 0. The zero-order valence-corrected chi connectivity index (χ0v) is 15.0. The van der Waals surface area contributed by atoms with Crippen LogP contribution in [0.3, 0.4) is 0 Å². The average molecular weight is 366 g/mol. The first-order chi connectivity index (χ1) is 13.3. The van der Waals surface area contributed by atoms with Crippen LogP contribution < -0.4 is 11.0 Å². The molecule has 2 fully saturated rings. The van der Waals surface area contributed by atoms with Crippen molar-refractivity contribution >= 4 is 0 Å². The highest BCUT2D eigenvalue weighted by atomic mass is 16.5. The summed E-state index contributed by atoms with van der Waals surface area (Å²) in [4.78, 5) is 17.6. The van der Waals surface area contributed by atoms with Crippen LogP contribution >= 0.6 is 0 Å². The minimum absolute atomic E-state index is 0.160. The lowest BCUT2D eigenvalue weighted by Crippen LogP contribution is -2.29. The normalized spacial score (nSPS) is 18.1. The van der Waals surface area contributed by atoms with Crippen LogP contribution in [0.4, 0.5) is 0 Å². The van der Waals surface area contributed by atoms with Crippen LogP contribution in [0.25, 0.3) is 5.69 Å². The third-order valence-corrected chi connectivity index (χ3v) is 5.28. The smallest absolute Gasteiger partial charge is 0.339 e. The van der Waals surface area contributed by atoms with Crippen molar-refractivity contribution < 1.29 is 4.52 Å². The number of piperidine rings is 1. The minimum Gasteiger partial charge on any atom is -0.339 e. The highest BCUT2D eigenvalue weighted by molar-refractivity contribution is 5.33. The van der Waals surface area contributed by atoms with Crippen molar-refractivity contribution in [3.8, 4) is 5.69 Å². The van der Waals surface area contributed by atoms with E-state index >= 15 is 0 Å². The van der Waals surface area contributed by atoms with Gasteiger partial charge in [0, 0.05) is 11.8 Å². The highest BCUT2D eigenvalue weighted by Crippen LogP contribution is 2.38. The summed E-state index contributed by atoms with van der Waals surface area (Å²) in [5.74, 6) is 2.66. The molecule has 8 nitrogen and oxygen atoms in total. The molecule has 0 atom stereocenters. The van der Waals surface area contributed by atoms with Crippen LogP contribution in [0.1, 0.15) is 55.1 Å². The van der Waals surface area contributed by atoms with Crippen molar-refractivity contribution in [2.75, 3.05) is 13.1 Å². The standard InChI is InChI=1S/C19H22N6O2/c26-19-24(12-16-21-18(27-23-16)14-6-7-14)22-17(13-8-10-20-11-9-13)25(19)15-4-2-1-3-5-15/h1-5,13-14,20H,6-12H2. The van der Waals surface area contributed by atoms with E-state index in [1.165, 1.54) is 4.68 Å². The molecule has 0 bridgehead atoms. The van der Waals surface area contributed by atoms with Crippen LogP contribution in [-0.4, -0.2) is 37.6 Å². The van der Waals surface area contributed by atoms with E-state index < -0.39 is 0 Å². The monoisotopic (exact) mass is 366 g/mol. The van der Waals surface area contributed by atoms with E-state index in [1.54, 1.807) is 4.57 Å². The van der Waals surface area contributed by atoms with Crippen molar-refractivity contribution in [2.24, 2.45) is 0 Å². The third-order valence-electron chi connectivity index (χ3n) is 5.28. The fourth-order valence-electron chi connectivity index (χ4n) is 3.65. The summed E-state index contributed by atoms with van der Waals surface area (Å²) >= 11 is 0. The van der Waals surface area contributed by atoms with E-state index in [1.807, 2.05) is 30.3 Å². The molecule has 1 aliphatic heterocycles. The van der Waals surface area contributed by atoms with Gasteiger partial charge in [-0.3, -0.25) is 0 Å². The number of rotatable bonds is 5. The van der Waals surface area contributed by atoms with E-state index in [0.717, 1.165) is 50.3 Å². The molecular weight excluding hydrogens is 344 g/mol. The van der Waals surface area contributed by atoms with Crippen LogP contribution in [0.15, 0.2) is 39.6 Å². The molecule has 1 saturated carbocycles. The second-order valence-electron chi connectivity index (χ2n) is 7.32. The molecule has 1 aliphatic carbocycles. The van der Waals surface area contributed by atoms with E-state index in [9.17, 15) is 4.79 Å². The van der Waals surface area contributed by atoms with Gasteiger partial charge in [-0.05, 0) is 50.9 Å². The van der Waals surface area contributed by atoms with Gasteiger partial charge in [-0.15, -0.1) is 0 Å². The summed E-state index contributed by atoms with van der Waals surface area (Å²) in [6.45, 7) is 2.11. The molecule has 0 amide bonds. The number of hydrogen-bond donors (Lipinski definition) is 1. The molecule has 140 valence electrons. The molecule has 1 N–H and O–H groups in total. The first kappa shape index (κ1) is 16.4. The van der Waals surface area contributed by atoms with Crippen molar-refractivity contribution in [1.29, 1.82) is 0 Å². The van der Waals surface area contributed by atoms with E-state index in [0.29, 0.717) is 17.6 Å². The van der Waals surface area contributed by atoms with Crippen LogP contribution in [0, 0.1) is 0 Å². The third kappa shape index (κ3) is 3.21. The van der Waals surface area contributed by atoms with Gasteiger partial charge in [-0.25, -0.2) is 14.0 Å². The van der Waals surface area contributed by atoms with Gasteiger partial charge in [0.2, 0.25) is 5.89 Å². The first-order valence-corrected chi connectivity index (χ1v) is 9.58. The summed E-state index contributed by atoms with van der Waals surface area (Å²) in [5, 5.41) is 12.1. The molecule has 0 radical (unpaired) electrons. The Morgan fingerprint density at radius 1 is 1.07 bits per heavy atom. The quantitative estimate of drug-likeness (QED) is 0.741. The van der Waals surface area contributed by atoms with Gasteiger partial charge < -0.3 is 9.84 Å². The lowest BCUT2D eigenvalue weighted by atomic mass is 9.97. The lowest BCUT2D eigenvalue weighted by Gasteiger charge is -2.22. The number of hydrogen-bond acceptors (Lipinski definition) is 6. The van der Waals surface area contributed by atoms with Gasteiger partial charge in [-0.2, -0.15) is 10.1 Å². The Hall–Kier alpha value is -2.74. The molecule has 1 saturated heterocycles. The number of aromatic nitrogens is 5. The van der Waals surface area contributed by atoms with Crippen LogP contribution in [0.2, 0.25) is 0 Å². The Morgan fingerprint density at radius 3 is 2.59 bits per heavy atom. The van der Waals surface area contributed by atoms with Crippen molar-refractivity contribution in [2.45, 2.75) is 44.1 Å². The molecule has 2 aliphatic rings. The Kier molecular flexibility index (Phi) is 4.12. The molecule has 1 aromatic carbocycles. The second kappa shape index (κ2) is 6.77. The highest BCUT2D eigenvalue weighted by Gasteiger charge is 2.30. The maximum Gasteiger partial charge on any atom is 0.351 e. The second-order valence-corrected chi connectivity index (χ2v) is 7.32. The van der Waals surface area contributed by atoms with Crippen molar-refractivity contribution in [3.63, 3.8) is 0 Å². The van der Waals surface area contributed by atoms with Gasteiger partial charge >= 0.3 is 5.69 Å². The number of nitrogens with zero attached hydrogens (tertiary/aromatic N) is 5. The van der Waals surface area contributed by atoms with E-state index in [2.05, 4.69) is 15.5 Å². The fourth-order valence-corrected chi connectivity index (χ4v) is 3.65. The Morgan fingerprint density at radius 2 is 1.85 bits per heavy atom. The molecule has 3 heterocycles. The zero-order chi connectivity index (χ0) is 18.2. The predicted octanol–water partition coefficient (Wildman–Crippen LogP) is 1.81. The molecular formula is C19H22N6O2. The number of para-hydroxylation sites is 1. The molecule has 0 spiro atoms. The maximum atomic E-state index is 13.2. The van der Waals surface area contributed by atoms with Gasteiger partial charge in [0.1, 0.15) is 12.4 Å². The predicted molar refractivity (Wildman–Crippen MR) is 98.0 cm³/mol. The molecule has 3 aromatic rings. The Labute approximate surface area is 156 Å². The Bertz CT molecular complexity index is 979. The van der Waals surface area contributed by atoms with Crippen molar-refractivity contribution in [3.05, 3.63) is 58.4 Å². The van der Waals surface area contributed by atoms with Crippen molar-refractivity contribution in [1.82, 2.24) is 29.8 Å². The molecule has 5 rings (SSSR count). The van der Waals surface area contributed by atoms with Crippen LogP contribution in [0.5, 0.6) is 0 Å². The molecule has 27 heavy (non-hydrogen) atoms. The van der Waals surface area contributed by atoms with Gasteiger partial charge in [0.05, 0.1) is 5.69 Å². The summed E-state index contributed by atoms with van der Waals surface area (Å²) in [6, 6.07) is 9.70. The SMILES string of the molecule is O=c1n(Cc2noc(C3CC3)n2)nc(C2CCNCC2)n1-c1ccccc1. The average Bonchev–Trinajstić information content (AvgIpc) is 3.38. The van der Waals surface area contributed by atoms with E-state index in [-0.39, 0.29) is 18.2 Å². The maximum absolute atomic E-state index is 13.2. The summed E-state index contributed by atoms with van der Waals surface area (Å²) < 4.78 is 8.52. The summed E-state index contributed by atoms with van der Waals surface area (Å²) in [6.07, 6.45) is 4.14. The fraction of sp³-hybridized carbons (Fsp3) is 0.474. The van der Waals surface area contributed by atoms with Gasteiger partial charge in [0.15, 0.2) is 5.82 Å². The molecule has 2 aromatic heterocycles. The number of benzene rings is 1. The lowest BCUT2D eigenvalue weighted by molar-refractivity contribution is 0.371. The molecule has 0 unspecified atom stereocenters. The number of nitrogens with one attached hydrogen (secondary N) is 1. The van der Waals surface area contributed by atoms with E-state index in [4.69, 9.17) is 9.62 Å². The topological polar surface area (TPSA) is 90.8 Å². The zero-order valence-electron chi connectivity index (χ0n) is 15.0. The van der Waals surface area contributed by atoms with Crippen LogP contribution in [-0.2, 0) is 6.54 Å². The minimum atomic E-state index is -0.160.